The van der Waals surface area contributed by atoms with E-state index < -0.39 is 11.7 Å². The molecule has 0 saturated heterocycles. The van der Waals surface area contributed by atoms with E-state index in [-0.39, 0.29) is 10.8 Å². The van der Waals surface area contributed by atoms with Gasteiger partial charge in [0.1, 0.15) is 5.82 Å². The second kappa shape index (κ2) is 4.89. The smallest absolute Gasteiger partial charge is 0.291 e. The van der Waals surface area contributed by atoms with Crippen molar-refractivity contribution in [3.05, 3.63) is 51.6 Å². The molecule has 2 aromatic rings. The highest BCUT2D eigenvalue weighted by Crippen LogP contribution is 2.23. The summed E-state index contributed by atoms with van der Waals surface area (Å²) in [6.07, 6.45) is 0. The molecule has 0 spiro atoms. The molecule has 6 heteroatoms. The number of hydrogen-bond donors (Lipinski definition) is 1. The Morgan fingerprint density at radius 2 is 2.12 bits per heavy atom. The molecule has 0 bridgehead atoms. The number of anilines is 1. The monoisotopic (exact) mass is 317 g/mol. The molecule has 0 fully saturated rings. The number of furan rings is 1. The zero-order valence-electron chi connectivity index (χ0n) is 8.34. The standard InChI is InChI=1S/C11H6BrClFNO2/c12-10-4-3-9(17-10)11(16)15-8-2-1-6(14)5-7(8)13/h1-5H,(H,15,16). The first-order chi connectivity index (χ1) is 8.06. The Kier molecular flexibility index (Phi) is 3.49. The lowest BCUT2D eigenvalue weighted by Crippen LogP contribution is -2.11. The Hall–Kier alpha value is -1.33. The molecule has 3 nitrogen and oxygen atoms in total. The molecular weight excluding hydrogens is 312 g/mol. The molecule has 0 unspecified atom stereocenters. The third-order valence-corrected chi connectivity index (χ3v) is 2.72. The zero-order valence-corrected chi connectivity index (χ0v) is 10.7. The maximum atomic E-state index is 12.8. The molecule has 0 saturated carbocycles. The van der Waals surface area contributed by atoms with E-state index in [1.165, 1.54) is 18.2 Å². The highest BCUT2D eigenvalue weighted by Gasteiger charge is 2.12. The Morgan fingerprint density at radius 1 is 1.35 bits per heavy atom. The molecule has 0 atom stereocenters. The fourth-order valence-electron chi connectivity index (χ4n) is 1.21. The van der Waals surface area contributed by atoms with Crippen LogP contribution >= 0.6 is 27.5 Å². The summed E-state index contributed by atoms with van der Waals surface area (Å²) in [6, 6.07) is 6.82. The van der Waals surface area contributed by atoms with Gasteiger partial charge in [-0.3, -0.25) is 4.79 Å². The third kappa shape index (κ3) is 2.87. The van der Waals surface area contributed by atoms with Crippen LogP contribution in [0.4, 0.5) is 10.1 Å². The van der Waals surface area contributed by atoms with Crippen LogP contribution < -0.4 is 5.32 Å². The second-order valence-electron chi connectivity index (χ2n) is 3.18. The predicted octanol–water partition coefficient (Wildman–Crippen LogP) is 4.09. The fourth-order valence-corrected chi connectivity index (χ4v) is 1.73. The van der Waals surface area contributed by atoms with Crippen LogP contribution in [0.3, 0.4) is 0 Å². The van der Waals surface area contributed by atoms with Gasteiger partial charge in [-0.05, 0) is 46.3 Å². The van der Waals surface area contributed by atoms with Crippen LogP contribution in [0, 0.1) is 5.82 Å². The minimum absolute atomic E-state index is 0.129. The SMILES string of the molecule is O=C(Nc1ccc(F)cc1Cl)c1ccc(Br)o1. The van der Waals surface area contributed by atoms with Gasteiger partial charge in [-0.1, -0.05) is 11.6 Å². The van der Waals surface area contributed by atoms with Gasteiger partial charge in [0.2, 0.25) is 0 Å². The maximum absolute atomic E-state index is 12.8. The van der Waals surface area contributed by atoms with E-state index in [1.54, 1.807) is 6.07 Å². The summed E-state index contributed by atoms with van der Waals surface area (Å²) in [4.78, 5) is 11.7. The fraction of sp³-hybridized carbons (Fsp3) is 0. The van der Waals surface area contributed by atoms with Gasteiger partial charge in [-0.2, -0.15) is 0 Å². The number of benzene rings is 1. The first kappa shape index (κ1) is 12.1. The van der Waals surface area contributed by atoms with E-state index in [4.69, 9.17) is 16.0 Å². The molecular formula is C11H6BrClFNO2. The van der Waals surface area contributed by atoms with E-state index >= 15 is 0 Å². The summed E-state index contributed by atoms with van der Waals surface area (Å²) in [5.74, 6) is -0.782. The minimum atomic E-state index is -0.464. The van der Waals surface area contributed by atoms with Crippen molar-refractivity contribution in [2.45, 2.75) is 0 Å². The van der Waals surface area contributed by atoms with Crippen molar-refractivity contribution in [1.29, 1.82) is 0 Å². The van der Waals surface area contributed by atoms with E-state index in [2.05, 4.69) is 21.2 Å². The summed E-state index contributed by atoms with van der Waals surface area (Å²) in [6.45, 7) is 0. The average Bonchev–Trinajstić information content (AvgIpc) is 2.69. The van der Waals surface area contributed by atoms with Crippen LogP contribution in [0.1, 0.15) is 10.6 Å². The summed E-state index contributed by atoms with van der Waals surface area (Å²) in [5.41, 5.74) is 0.325. The Morgan fingerprint density at radius 3 is 2.71 bits per heavy atom. The Balaban J connectivity index is 2.18. The van der Waals surface area contributed by atoms with Crippen LogP contribution in [-0.2, 0) is 0 Å². The Labute approximate surface area is 110 Å². The maximum Gasteiger partial charge on any atom is 0.291 e. The largest absolute Gasteiger partial charge is 0.444 e. The number of rotatable bonds is 2. The highest BCUT2D eigenvalue weighted by atomic mass is 79.9. The second-order valence-corrected chi connectivity index (χ2v) is 4.37. The molecule has 0 aliphatic rings. The number of amides is 1. The van der Waals surface area contributed by atoms with Crippen LogP contribution in [0.15, 0.2) is 39.4 Å². The van der Waals surface area contributed by atoms with Gasteiger partial charge in [0.15, 0.2) is 10.4 Å². The van der Waals surface area contributed by atoms with Crippen molar-refractivity contribution >= 4 is 39.1 Å². The normalized spacial score (nSPS) is 10.3. The van der Waals surface area contributed by atoms with Crippen molar-refractivity contribution in [3.63, 3.8) is 0 Å². The molecule has 2 rings (SSSR count). The molecule has 1 heterocycles. The lowest BCUT2D eigenvalue weighted by molar-refractivity contribution is 0.0995. The summed E-state index contributed by atoms with van der Waals surface area (Å²) >= 11 is 8.86. The van der Waals surface area contributed by atoms with Gasteiger partial charge in [0.05, 0.1) is 10.7 Å². The van der Waals surface area contributed by atoms with Gasteiger partial charge in [0.25, 0.3) is 5.91 Å². The van der Waals surface area contributed by atoms with E-state index in [0.29, 0.717) is 10.4 Å². The Bertz CT molecular complexity index is 570. The molecule has 0 aliphatic heterocycles. The third-order valence-electron chi connectivity index (χ3n) is 1.98. The molecule has 88 valence electrons. The number of carbonyl (C=O) groups is 1. The quantitative estimate of drug-likeness (QED) is 0.906. The molecule has 1 aromatic heterocycles. The van der Waals surface area contributed by atoms with Crippen LogP contribution in [0.2, 0.25) is 5.02 Å². The topological polar surface area (TPSA) is 42.2 Å². The van der Waals surface area contributed by atoms with Gasteiger partial charge in [0, 0.05) is 0 Å². The number of nitrogens with one attached hydrogen (secondary N) is 1. The van der Waals surface area contributed by atoms with Crippen LogP contribution in [0.25, 0.3) is 0 Å². The molecule has 17 heavy (non-hydrogen) atoms. The van der Waals surface area contributed by atoms with Crippen molar-refractivity contribution < 1.29 is 13.6 Å². The van der Waals surface area contributed by atoms with Gasteiger partial charge < -0.3 is 9.73 Å². The van der Waals surface area contributed by atoms with Crippen LogP contribution in [-0.4, -0.2) is 5.91 Å². The molecule has 1 N–H and O–H groups in total. The van der Waals surface area contributed by atoms with E-state index in [0.717, 1.165) is 6.07 Å². The van der Waals surface area contributed by atoms with Gasteiger partial charge in [-0.15, -0.1) is 0 Å². The lowest BCUT2D eigenvalue weighted by atomic mass is 10.3. The highest BCUT2D eigenvalue weighted by molar-refractivity contribution is 9.10. The van der Waals surface area contributed by atoms with Crippen molar-refractivity contribution in [3.8, 4) is 0 Å². The van der Waals surface area contributed by atoms with Crippen molar-refractivity contribution in [2.24, 2.45) is 0 Å². The lowest BCUT2D eigenvalue weighted by Gasteiger charge is -2.05. The minimum Gasteiger partial charge on any atom is -0.444 e. The molecule has 0 aliphatic carbocycles. The average molecular weight is 319 g/mol. The number of carbonyl (C=O) groups excluding carboxylic acids is 1. The van der Waals surface area contributed by atoms with Crippen LogP contribution in [0.5, 0.6) is 0 Å². The summed E-state index contributed by atoms with van der Waals surface area (Å²) in [5, 5.41) is 2.64. The van der Waals surface area contributed by atoms with Gasteiger partial charge in [-0.25, -0.2) is 4.39 Å². The molecule has 0 radical (unpaired) electrons. The van der Waals surface area contributed by atoms with Crippen molar-refractivity contribution in [1.82, 2.24) is 0 Å². The van der Waals surface area contributed by atoms with E-state index in [1.807, 2.05) is 0 Å². The summed E-state index contributed by atoms with van der Waals surface area (Å²) in [7, 11) is 0. The zero-order chi connectivity index (χ0) is 12.4. The predicted molar refractivity (Wildman–Crippen MR) is 65.8 cm³/mol. The van der Waals surface area contributed by atoms with Gasteiger partial charge >= 0.3 is 0 Å². The summed E-state index contributed by atoms with van der Waals surface area (Å²) < 4.78 is 18.3. The molecule has 1 aromatic carbocycles. The first-order valence-electron chi connectivity index (χ1n) is 4.58. The van der Waals surface area contributed by atoms with E-state index in [9.17, 15) is 9.18 Å². The number of halogens is 3. The van der Waals surface area contributed by atoms with Crippen molar-refractivity contribution in [2.75, 3.05) is 5.32 Å². The number of hydrogen-bond acceptors (Lipinski definition) is 2. The first-order valence-corrected chi connectivity index (χ1v) is 5.75. The molecule has 1 amide bonds.